The second-order valence-electron chi connectivity index (χ2n) is 4.85. The van der Waals surface area contributed by atoms with Crippen molar-refractivity contribution in [2.45, 2.75) is 0 Å². The van der Waals surface area contributed by atoms with E-state index in [-0.39, 0.29) is 11.8 Å². The van der Waals surface area contributed by atoms with Crippen LogP contribution in [0.15, 0.2) is 30.5 Å². The van der Waals surface area contributed by atoms with E-state index in [0.717, 1.165) is 32.7 Å². The molecule has 0 atom stereocenters. The lowest BCUT2D eigenvalue weighted by atomic mass is 10.2. The Morgan fingerprint density at radius 2 is 2.10 bits per heavy atom. The van der Waals surface area contributed by atoms with Crippen molar-refractivity contribution in [2.24, 2.45) is 0 Å². The molecule has 3 N–H and O–H groups in total. The van der Waals surface area contributed by atoms with Crippen LogP contribution >= 0.6 is 0 Å². The highest BCUT2D eigenvalue weighted by molar-refractivity contribution is 5.75. The number of urea groups is 1. The first kappa shape index (κ1) is 15.5. The molecule has 114 valence electrons. The van der Waals surface area contributed by atoms with Gasteiger partial charge in [0.05, 0.1) is 0 Å². The number of amides is 2. The molecule has 21 heavy (non-hydrogen) atoms. The van der Waals surface area contributed by atoms with Gasteiger partial charge < -0.3 is 16.0 Å². The highest BCUT2D eigenvalue weighted by atomic mass is 19.1. The van der Waals surface area contributed by atoms with E-state index in [1.165, 1.54) is 18.3 Å². The molecule has 1 aliphatic rings. The Morgan fingerprint density at radius 1 is 1.33 bits per heavy atom. The molecule has 1 aromatic rings. The lowest BCUT2D eigenvalue weighted by molar-refractivity contribution is 0.229. The second-order valence-corrected chi connectivity index (χ2v) is 4.85. The normalized spacial score (nSPS) is 16.0. The Bertz CT molecular complexity index is 486. The maximum Gasteiger partial charge on any atom is 0.318 e. The van der Waals surface area contributed by atoms with Gasteiger partial charge >= 0.3 is 6.03 Å². The monoisotopic (exact) mass is 292 g/mol. The largest absolute Gasteiger partial charge is 0.337 e. The average Bonchev–Trinajstić information content (AvgIpc) is 2.50. The topological polar surface area (TPSA) is 56.4 Å². The van der Waals surface area contributed by atoms with E-state index in [4.69, 9.17) is 0 Å². The quantitative estimate of drug-likeness (QED) is 0.759. The molecule has 0 radical (unpaired) electrons. The Morgan fingerprint density at radius 3 is 2.86 bits per heavy atom. The zero-order valence-corrected chi connectivity index (χ0v) is 11.9. The van der Waals surface area contributed by atoms with E-state index < -0.39 is 0 Å². The minimum atomic E-state index is -0.310. The molecule has 5 nitrogen and oxygen atoms in total. The summed E-state index contributed by atoms with van der Waals surface area (Å²) in [6, 6.07) is 6.13. The molecule has 1 aliphatic heterocycles. The van der Waals surface area contributed by atoms with Crippen molar-refractivity contribution in [3.8, 4) is 0 Å². The number of carbonyl (C=O) groups is 1. The number of hydrogen-bond donors (Lipinski definition) is 3. The number of piperazine rings is 1. The average molecular weight is 292 g/mol. The summed E-state index contributed by atoms with van der Waals surface area (Å²) in [5.41, 5.74) is 0.443. The van der Waals surface area contributed by atoms with Gasteiger partial charge in [0, 0.05) is 51.0 Å². The third-order valence-electron chi connectivity index (χ3n) is 3.31. The zero-order valence-electron chi connectivity index (χ0n) is 11.9. The van der Waals surface area contributed by atoms with Gasteiger partial charge in [-0.15, -0.1) is 0 Å². The van der Waals surface area contributed by atoms with E-state index >= 15 is 0 Å². The molecular formula is C15H21FN4O. The third kappa shape index (κ3) is 5.53. The number of rotatable bonds is 5. The maximum atomic E-state index is 13.3. The summed E-state index contributed by atoms with van der Waals surface area (Å²) < 4.78 is 13.3. The molecule has 0 bridgehead atoms. The lowest BCUT2D eigenvalue weighted by Gasteiger charge is -2.26. The molecule has 6 heteroatoms. The minimum absolute atomic E-state index is 0.280. The van der Waals surface area contributed by atoms with Crippen LogP contribution in [-0.2, 0) is 0 Å². The van der Waals surface area contributed by atoms with Crippen LogP contribution in [0.2, 0.25) is 0 Å². The van der Waals surface area contributed by atoms with Gasteiger partial charge in [0.15, 0.2) is 0 Å². The van der Waals surface area contributed by atoms with Crippen LogP contribution in [0.4, 0.5) is 9.18 Å². The standard InChI is InChI=1S/C15H21FN4O/c16-14-4-2-1-3-13(14)5-6-18-15(21)19-9-12-20-10-7-17-8-11-20/h1-6,17H,7-12H2,(H2,18,19,21)/b6-5+. The maximum absolute atomic E-state index is 13.3. The number of nitrogens with zero attached hydrogens (tertiary/aromatic N) is 1. The minimum Gasteiger partial charge on any atom is -0.337 e. The van der Waals surface area contributed by atoms with Gasteiger partial charge in [0.2, 0.25) is 0 Å². The van der Waals surface area contributed by atoms with Gasteiger partial charge in [-0.2, -0.15) is 0 Å². The number of benzene rings is 1. The molecule has 2 rings (SSSR count). The fraction of sp³-hybridized carbons (Fsp3) is 0.400. The highest BCUT2D eigenvalue weighted by Crippen LogP contribution is 2.07. The van der Waals surface area contributed by atoms with Crippen molar-refractivity contribution in [3.05, 3.63) is 41.8 Å². The van der Waals surface area contributed by atoms with Crippen LogP contribution in [0.5, 0.6) is 0 Å². The summed E-state index contributed by atoms with van der Waals surface area (Å²) in [5, 5.41) is 8.62. The molecule has 0 aliphatic carbocycles. The molecule has 2 amide bonds. The predicted molar refractivity (Wildman–Crippen MR) is 81.3 cm³/mol. The van der Waals surface area contributed by atoms with E-state index in [0.29, 0.717) is 12.1 Å². The van der Waals surface area contributed by atoms with Crippen molar-refractivity contribution in [1.82, 2.24) is 20.9 Å². The second kappa shape index (κ2) is 8.39. The zero-order chi connectivity index (χ0) is 14.9. The molecular weight excluding hydrogens is 271 g/mol. The summed E-state index contributed by atoms with van der Waals surface area (Å²) in [6.45, 7) is 5.45. The highest BCUT2D eigenvalue weighted by Gasteiger charge is 2.08. The molecule has 0 aromatic heterocycles. The summed E-state index contributed by atoms with van der Waals surface area (Å²) in [5.74, 6) is -0.310. The summed E-state index contributed by atoms with van der Waals surface area (Å²) in [6.07, 6.45) is 2.98. The van der Waals surface area contributed by atoms with E-state index in [1.54, 1.807) is 18.2 Å². The van der Waals surface area contributed by atoms with Crippen molar-refractivity contribution >= 4 is 12.1 Å². The third-order valence-corrected chi connectivity index (χ3v) is 3.31. The number of hydrogen-bond acceptors (Lipinski definition) is 3. The van der Waals surface area contributed by atoms with Crippen LogP contribution in [0.3, 0.4) is 0 Å². The van der Waals surface area contributed by atoms with Gasteiger partial charge in [-0.1, -0.05) is 18.2 Å². The van der Waals surface area contributed by atoms with Gasteiger partial charge in [-0.05, 0) is 12.1 Å². The van der Waals surface area contributed by atoms with Crippen molar-refractivity contribution in [1.29, 1.82) is 0 Å². The molecule has 1 heterocycles. The number of nitrogens with one attached hydrogen (secondary N) is 3. The van der Waals surface area contributed by atoms with Crippen molar-refractivity contribution in [3.63, 3.8) is 0 Å². The van der Waals surface area contributed by atoms with E-state index in [1.807, 2.05) is 0 Å². The molecule has 1 saturated heterocycles. The fourth-order valence-corrected chi connectivity index (χ4v) is 2.13. The molecule has 0 unspecified atom stereocenters. The first-order valence-corrected chi connectivity index (χ1v) is 7.14. The molecule has 1 fully saturated rings. The molecule has 0 saturated carbocycles. The summed E-state index contributed by atoms with van der Waals surface area (Å²) in [4.78, 5) is 13.9. The number of carbonyl (C=O) groups excluding carboxylic acids is 1. The van der Waals surface area contributed by atoms with E-state index in [2.05, 4.69) is 20.9 Å². The van der Waals surface area contributed by atoms with Crippen molar-refractivity contribution in [2.75, 3.05) is 39.3 Å². The summed E-state index contributed by atoms with van der Waals surface area (Å²) in [7, 11) is 0. The predicted octanol–water partition coefficient (Wildman–Crippen LogP) is 1.00. The Hall–Kier alpha value is -1.92. The van der Waals surface area contributed by atoms with Gasteiger partial charge in [-0.25, -0.2) is 9.18 Å². The lowest BCUT2D eigenvalue weighted by Crippen LogP contribution is -2.46. The first-order valence-electron chi connectivity index (χ1n) is 7.14. The van der Waals surface area contributed by atoms with Gasteiger partial charge in [0.1, 0.15) is 5.82 Å². The van der Waals surface area contributed by atoms with Crippen LogP contribution in [0, 0.1) is 5.82 Å². The molecule has 1 aromatic carbocycles. The van der Waals surface area contributed by atoms with Crippen LogP contribution in [-0.4, -0.2) is 50.2 Å². The Labute approximate surface area is 124 Å². The summed E-state index contributed by atoms with van der Waals surface area (Å²) >= 11 is 0. The smallest absolute Gasteiger partial charge is 0.318 e. The first-order chi connectivity index (χ1) is 10.3. The number of halogens is 1. The van der Waals surface area contributed by atoms with Gasteiger partial charge in [0.25, 0.3) is 0 Å². The Balaban J connectivity index is 1.64. The van der Waals surface area contributed by atoms with Crippen molar-refractivity contribution < 1.29 is 9.18 Å². The van der Waals surface area contributed by atoms with Crippen LogP contribution in [0.25, 0.3) is 6.08 Å². The van der Waals surface area contributed by atoms with E-state index in [9.17, 15) is 9.18 Å². The van der Waals surface area contributed by atoms with Crippen LogP contribution < -0.4 is 16.0 Å². The molecule has 0 spiro atoms. The Kier molecular flexibility index (Phi) is 6.18. The van der Waals surface area contributed by atoms with Crippen LogP contribution in [0.1, 0.15) is 5.56 Å². The fourth-order valence-electron chi connectivity index (χ4n) is 2.13. The van der Waals surface area contributed by atoms with Gasteiger partial charge in [-0.3, -0.25) is 4.90 Å². The SMILES string of the molecule is O=C(N/C=C/c1ccccc1F)NCCN1CCNCC1.